The fourth-order valence-corrected chi connectivity index (χ4v) is 4.76. The predicted molar refractivity (Wildman–Crippen MR) is 84.6 cm³/mol. The number of hydrogen-bond acceptors (Lipinski definition) is 5. The van der Waals surface area contributed by atoms with Gasteiger partial charge in [0.15, 0.2) is 9.84 Å². The van der Waals surface area contributed by atoms with Crippen LogP contribution in [0, 0.1) is 0 Å². The first-order valence-corrected chi connectivity index (χ1v) is 9.34. The Balaban J connectivity index is 1.66. The molecule has 24 heavy (non-hydrogen) atoms. The summed E-state index contributed by atoms with van der Waals surface area (Å²) < 4.78 is 25.2. The average molecular weight is 350 g/mol. The molecule has 0 aliphatic carbocycles. The smallest absolute Gasteiger partial charge is 0.242 e. The van der Waals surface area contributed by atoms with Crippen LogP contribution in [-0.4, -0.2) is 60.8 Å². The molecule has 2 aliphatic rings. The monoisotopic (exact) mass is 350 g/mol. The summed E-state index contributed by atoms with van der Waals surface area (Å²) in [6, 6.07) is 8.15. The van der Waals surface area contributed by atoms with Crippen molar-refractivity contribution < 1.29 is 22.8 Å². The van der Waals surface area contributed by atoms with Crippen molar-refractivity contribution in [2.45, 2.75) is 29.4 Å². The van der Waals surface area contributed by atoms with Crippen LogP contribution >= 0.6 is 0 Å². The standard InChI is InChI=1S/C16H18N2O5S/c19-14-6-7-15(20)18(14)11-16(21)17-9-8-13(10-17)24(22,23)12-4-2-1-3-5-12/h1-5,13H,6-11H2. The van der Waals surface area contributed by atoms with Gasteiger partial charge in [0.1, 0.15) is 6.54 Å². The average Bonchev–Trinajstić information content (AvgIpc) is 3.19. The molecule has 1 atom stereocenters. The Morgan fingerprint density at radius 1 is 1.08 bits per heavy atom. The van der Waals surface area contributed by atoms with Crippen LogP contribution in [-0.2, 0) is 24.2 Å². The highest BCUT2D eigenvalue weighted by Gasteiger charge is 2.38. The minimum absolute atomic E-state index is 0.0896. The highest BCUT2D eigenvalue weighted by atomic mass is 32.2. The van der Waals surface area contributed by atoms with Crippen molar-refractivity contribution >= 4 is 27.6 Å². The number of imide groups is 1. The molecule has 0 saturated carbocycles. The summed E-state index contributed by atoms with van der Waals surface area (Å²) in [5.41, 5.74) is 0. The maximum absolute atomic E-state index is 12.6. The van der Waals surface area contributed by atoms with E-state index in [-0.39, 0.29) is 48.5 Å². The van der Waals surface area contributed by atoms with Crippen molar-refractivity contribution in [3.63, 3.8) is 0 Å². The number of hydrogen-bond donors (Lipinski definition) is 0. The summed E-state index contributed by atoms with van der Waals surface area (Å²) in [6.07, 6.45) is 0.624. The number of rotatable bonds is 4. The molecule has 2 heterocycles. The zero-order chi connectivity index (χ0) is 17.3. The second-order valence-electron chi connectivity index (χ2n) is 5.98. The molecule has 128 valence electrons. The SMILES string of the molecule is O=C(CN1C(=O)CCC1=O)N1CCC(S(=O)(=O)c2ccccc2)C1. The van der Waals surface area contributed by atoms with E-state index < -0.39 is 15.1 Å². The molecule has 2 fully saturated rings. The predicted octanol–water partition coefficient (Wildman–Crippen LogP) is 0.210. The van der Waals surface area contributed by atoms with Gasteiger partial charge in [-0.3, -0.25) is 19.3 Å². The van der Waals surface area contributed by atoms with Crippen LogP contribution in [0.1, 0.15) is 19.3 Å². The van der Waals surface area contributed by atoms with Crippen molar-refractivity contribution in [3.8, 4) is 0 Å². The molecule has 7 nitrogen and oxygen atoms in total. The molecule has 1 aromatic rings. The van der Waals surface area contributed by atoms with Crippen LogP contribution in [0.15, 0.2) is 35.2 Å². The van der Waals surface area contributed by atoms with Gasteiger partial charge < -0.3 is 4.90 Å². The topological polar surface area (TPSA) is 91.8 Å². The van der Waals surface area contributed by atoms with E-state index in [0.29, 0.717) is 13.0 Å². The number of nitrogens with zero attached hydrogens (tertiary/aromatic N) is 2. The van der Waals surface area contributed by atoms with Gasteiger partial charge >= 0.3 is 0 Å². The molecule has 2 saturated heterocycles. The first kappa shape index (κ1) is 16.6. The van der Waals surface area contributed by atoms with Crippen molar-refractivity contribution in [1.29, 1.82) is 0 Å². The van der Waals surface area contributed by atoms with Crippen LogP contribution < -0.4 is 0 Å². The lowest BCUT2D eigenvalue weighted by Gasteiger charge is -2.20. The minimum atomic E-state index is -3.50. The van der Waals surface area contributed by atoms with Gasteiger partial charge in [-0.1, -0.05) is 18.2 Å². The number of carbonyl (C=O) groups excluding carboxylic acids is 3. The summed E-state index contributed by atoms with van der Waals surface area (Å²) in [5.74, 6) is -1.08. The van der Waals surface area contributed by atoms with Gasteiger partial charge in [-0.25, -0.2) is 8.42 Å². The Morgan fingerprint density at radius 3 is 2.33 bits per heavy atom. The van der Waals surface area contributed by atoms with Crippen molar-refractivity contribution in [2.24, 2.45) is 0 Å². The molecule has 2 aliphatic heterocycles. The van der Waals surface area contributed by atoms with E-state index in [1.165, 1.54) is 4.90 Å². The highest BCUT2D eigenvalue weighted by molar-refractivity contribution is 7.92. The van der Waals surface area contributed by atoms with Crippen LogP contribution in [0.4, 0.5) is 0 Å². The second-order valence-corrected chi connectivity index (χ2v) is 8.21. The Hall–Kier alpha value is -2.22. The van der Waals surface area contributed by atoms with Crippen LogP contribution in [0.2, 0.25) is 0 Å². The third-order valence-corrected chi connectivity index (χ3v) is 6.65. The van der Waals surface area contributed by atoms with Gasteiger partial charge in [-0.2, -0.15) is 0 Å². The zero-order valence-electron chi connectivity index (χ0n) is 13.1. The molecule has 0 spiro atoms. The molecule has 1 aromatic carbocycles. The first-order valence-electron chi connectivity index (χ1n) is 7.79. The summed E-state index contributed by atoms with van der Waals surface area (Å²) in [7, 11) is -3.50. The zero-order valence-corrected chi connectivity index (χ0v) is 13.9. The summed E-state index contributed by atoms with van der Waals surface area (Å²) in [4.78, 5) is 38.1. The molecule has 1 unspecified atom stereocenters. The molecule has 3 amide bonds. The number of amides is 3. The van der Waals surface area contributed by atoms with Gasteiger partial charge in [-0.05, 0) is 18.6 Å². The van der Waals surface area contributed by atoms with E-state index in [1.807, 2.05) is 0 Å². The Morgan fingerprint density at radius 2 is 1.71 bits per heavy atom. The Labute approximate surface area is 140 Å². The van der Waals surface area contributed by atoms with Gasteiger partial charge in [0, 0.05) is 25.9 Å². The molecule has 3 rings (SSSR count). The maximum atomic E-state index is 12.6. The van der Waals surface area contributed by atoms with Gasteiger partial charge in [0.2, 0.25) is 17.7 Å². The summed E-state index contributed by atoms with van der Waals surface area (Å²) >= 11 is 0. The van der Waals surface area contributed by atoms with Crippen LogP contribution in [0.25, 0.3) is 0 Å². The van der Waals surface area contributed by atoms with Crippen LogP contribution in [0.5, 0.6) is 0 Å². The largest absolute Gasteiger partial charge is 0.340 e. The van der Waals surface area contributed by atoms with Crippen LogP contribution in [0.3, 0.4) is 0 Å². The molecule has 0 radical (unpaired) electrons. The quantitative estimate of drug-likeness (QED) is 0.724. The number of likely N-dealkylation sites (tertiary alicyclic amines) is 2. The maximum Gasteiger partial charge on any atom is 0.242 e. The number of benzene rings is 1. The van der Waals surface area contributed by atoms with Gasteiger partial charge in [0.05, 0.1) is 10.1 Å². The lowest BCUT2D eigenvalue weighted by Crippen LogP contribution is -2.42. The number of sulfone groups is 1. The molecular weight excluding hydrogens is 332 g/mol. The summed E-state index contributed by atoms with van der Waals surface area (Å²) in [5, 5.41) is -0.658. The third-order valence-electron chi connectivity index (χ3n) is 4.46. The fourth-order valence-electron chi connectivity index (χ4n) is 3.05. The van der Waals surface area contributed by atoms with E-state index in [0.717, 1.165) is 4.90 Å². The van der Waals surface area contributed by atoms with E-state index in [2.05, 4.69) is 0 Å². The second kappa shape index (κ2) is 6.35. The Kier molecular flexibility index (Phi) is 4.40. The van der Waals surface area contributed by atoms with E-state index in [4.69, 9.17) is 0 Å². The lowest BCUT2D eigenvalue weighted by atomic mass is 10.4. The van der Waals surface area contributed by atoms with Gasteiger partial charge in [0.25, 0.3) is 0 Å². The lowest BCUT2D eigenvalue weighted by molar-refractivity contribution is -0.145. The normalized spacial score (nSPS) is 21.6. The molecule has 8 heteroatoms. The fraction of sp³-hybridized carbons (Fsp3) is 0.438. The number of carbonyl (C=O) groups is 3. The first-order chi connectivity index (χ1) is 11.4. The van der Waals surface area contributed by atoms with E-state index >= 15 is 0 Å². The van der Waals surface area contributed by atoms with Gasteiger partial charge in [-0.15, -0.1) is 0 Å². The van der Waals surface area contributed by atoms with Crippen molar-refractivity contribution in [3.05, 3.63) is 30.3 Å². The van der Waals surface area contributed by atoms with Crippen molar-refractivity contribution in [1.82, 2.24) is 9.80 Å². The Bertz CT molecular complexity index is 759. The minimum Gasteiger partial charge on any atom is -0.340 e. The third kappa shape index (κ3) is 3.06. The van der Waals surface area contributed by atoms with E-state index in [9.17, 15) is 22.8 Å². The highest BCUT2D eigenvalue weighted by Crippen LogP contribution is 2.24. The molecule has 0 N–H and O–H groups in total. The molecule has 0 aromatic heterocycles. The van der Waals surface area contributed by atoms with E-state index in [1.54, 1.807) is 30.3 Å². The summed E-state index contributed by atoms with van der Waals surface area (Å²) in [6.45, 7) is 0.105. The molecule has 0 bridgehead atoms. The molecular formula is C16H18N2O5S. The van der Waals surface area contributed by atoms with Crippen molar-refractivity contribution in [2.75, 3.05) is 19.6 Å².